The Morgan fingerprint density at radius 3 is 2.56 bits per heavy atom. The molecule has 1 aromatic heterocycles. The molecule has 0 amide bonds. The zero-order chi connectivity index (χ0) is 12.3. The molecule has 0 radical (unpaired) electrons. The minimum absolute atomic E-state index is 0.0336. The van der Waals surface area contributed by atoms with Gasteiger partial charge in [0.15, 0.2) is 0 Å². The van der Waals surface area contributed by atoms with Gasteiger partial charge in [-0.25, -0.2) is 8.93 Å². The summed E-state index contributed by atoms with van der Waals surface area (Å²) in [5.74, 6) is 0. The van der Waals surface area contributed by atoms with Crippen LogP contribution in [0.25, 0.3) is 0 Å². The Balaban J connectivity index is 2.78. The van der Waals surface area contributed by atoms with Gasteiger partial charge in [0, 0.05) is 11.6 Å². The van der Waals surface area contributed by atoms with Gasteiger partial charge in [0.25, 0.3) is 0 Å². The van der Waals surface area contributed by atoms with Crippen molar-refractivity contribution >= 4 is 11.0 Å². The maximum absolute atomic E-state index is 12.0. The highest BCUT2D eigenvalue weighted by Crippen LogP contribution is 2.22. The molecule has 0 aliphatic carbocycles. The Morgan fingerprint density at radius 2 is 2.19 bits per heavy atom. The minimum Gasteiger partial charge on any atom is -0.364 e. The molecule has 5 heteroatoms. The minimum atomic E-state index is -1.08. The second kappa shape index (κ2) is 5.10. The van der Waals surface area contributed by atoms with Gasteiger partial charge in [-0.05, 0) is 34.1 Å². The summed E-state index contributed by atoms with van der Waals surface area (Å²) >= 11 is 0. The molecule has 0 saturated carbocycles. The third kappa shape index (κ3) is 3.15. The van der Waals surface area contributed by atoms with Gasteiger partial charge in [-0.15, -0.1) is 0 Å². The fraction of sp³-hybridized carbons (Fsp3) is 0.727. The lowest BCUT2D eigenvalue weighted by atomic mass is 10.1. The molecule has 1 N–H and O–H groups in total. The van der Waals surface area contributed by atoms with E-state index in [9.17, 15) is 4.21 Å². The smallest absolute Gasteiger partial charge is 0.128 e. The summed E-state index contributed by atoms with van der Waals surface area (Å²) < 4.78 is 19.8. The number of hydrogen-bond acceptors (Lipinski definition) is 3. The molecule has 0 fully saturated rings. The van der Waals surface area contributed by atoms with Crippen LogP contribution in [-0.4, -0.2) is 14.1 Å². The van der Waals surface area contributed by atoms with E-state index in [2.05, 4.69) is 9.88 Å². The van der Waals surface area contributed by atoms with E-state index in [1.165, 1.54) is 0 Å². The lowest BCUT2D eigenvalue weighted by Gasteiger charge is -2.22. The maximum atomic E-state index is 12.0. The summed E-state index contributed by atoms with van der Waals surface area (Å²) in [6, 6.07) is 0.0336. The van der Waals surface area contributed by atoms with E-state index in [1.807, 2.05) is 34.6 Å². The van der Waals surface area contributed by atoms with Crippen molar-refractivity contribution in [2.24, 2.45) is 0 Å². The molecule has 0 aliphatic rings. The maximum Gasteiger partial charge on any atom is 0.128 e. The molecule has 0 aromatic carbocycles. The van der Waals surface area contributed by atoms with Crippen molar-refractivity contribution in [3.63, 3.8) is 0 Å². The SMILES string of the molecule is CC[C@@H](NS(=O)C(C)(C)C)c1conc1C. The van der Waals surface area contributed by atoms with Crippen LogP contribution in [0.1, 0.15) is 51.4 Å². The van der Waals surface area contributed by atoms with Crippen LogP contribution < -0.4 is 4.72 Å². The number of aryl methyl sites for hydroxylation is 1. The van der Waals surface area contributed by atoms with Crippen LogP contribution in [0.2, 0.25) is 0 Å². The molecule has 0 saturated heterocycles. The molecule has 1 aromatic rings. The van der Waals surface area contributed by atoms with Crippen LogP contribution in [0.4, 0.5) is 0 Å². The first kappa shape index (κ1) is 13.4. The number of aromatic nitrogens is 1. The van der Waals surface area contributed by atoms with Crippen molar-refractivity contribution in [3.8, 4) is 0 Å². The lowest BCUT2D eigenvalue weighted by molar-refractivity contribution is 0.413. The standard InChI is InChI=1S/C11H20N2O2S/c1-6-10(9-7-15-12-8(9)2)13-16(14)11(3,4)5/h7,10,13H,6H2,1-5H3/t10-,16?/m1/s1. The van der Waals surface area contributed by atoms with Gasteiger partial charge in [0.1, 0.15) is 6.26 Å². The Morgan fingerprint density at radius 1 is 1.56 bits per heavy atom. The largest absolute Gasteiger partial charge is 0.364 e. The predicted octanol–water partition coefficient (Wildman–Crippen LogP) is 2.49. The van der Waals surface area contributed by atoms with Crippen molar-refractivity contribution < 1.29 is 8.73 Å². The molecule has 0 spiro atoms. The predicted molar refractivity (Wildman–Crippen MR) is 65.3 cm³/mol. The quantitative estimate of drug-likeness (QED) is 0.885. The van der Waals surface area contributed by atoms with Gasteiger partial charge in [-0.1, -0.05) is 12.1 Å². The fourth-order valence-electron chi connectivity index (χ4n) is 1.31. The van der Waals surface area contributed by atoms with E-state index in [0.717, 1.165) is 17.7 Å². The summed E-state index contributed by atoms with van der Waals surface area (Å²) in [5.41, 5.74) is 1.84. The van der Waals surface area contributed by atoms with Crippen molar-refractivity contribution in [3.05, 3.63) is 17.5 Å². The normalized spacial score (nSPS) is 16.1. The molecular weight excluding hydrogens is 224 g/mol. The van der Waals surface area contributed by atoms with Gasteiger partial charge in [0.05, 0.1) is 21.4 Å². The highest BCUT2D eigenvalue weighted by Gasteiger charge is 2.24. The van der Waals surface area contributed by atoms with E-state index in [-0.39, 0.29) is 10.8 Å². The molecule has 92 valence electrons. The van der Waals surface area contributed by atoms with E-state index in [4.69, 9.17) is 4.52 Å². The first-order valence-electron chi connectivity index (χ1n) is 5.45. The Hall–Kier alpha value is -0.680. The number of nitrogens with one attached hydrogen (secondary N) is 1. The fourth-order valence-corrected chi connectivity index (χ4v) is 2.21. The van der Waals surface area contributed by atoms with E-state index < -0.39 is 11.0 Å². The zero-order valence-electron chi connectivity index (χ0n) is 10.5. The Labute approximate surface area is 99.4 Å². The van der Waals surface area contributed by atoms with Crippen molar-refractivity contribution in [2.75, 3.05) is 0 Å². The van der Waals surface area contributed by atoms with Crippen molar-refractivity contribution in [2.45, 2.75) is 51.8 Å². The molecule has 0 aliphatic heterocycles. The summed E-state index contributed by atoms with van der Waals surface area (Å²) in [7, 11) is -1.08. The van der Waals surface area contributed by atoms with E-state index in [1.54, 1.807) is 6.26 Å². The summed E-state index contributed by atoms with van der Waals surface area (Å²) in [4.78, 5) is 0. The number of hydrogen-bond donors (Lipinski definition) is 1. The second-order valence-electron chi connectivity index (χ2n) is 4.82. The van der Waals surface area contributed by atoms with Crippen LogP contribution in [0.5, 0.6) is 0 Å². The summed E-state index contributed by atoms with van der Waals surface area (Å²) in [6.07, 6.45) is 2.47. The highest BCUT2D eigenvalue weighted by atomic mass is 32.2. The zero-order valence-corrected chi connectivity index (χ0v) is 11.4. The highest BCUT2D eigenvalue weighted by molar-refractivity contribution is 7.84. The van der Waals surface area contributed by atoms with Gasteiger partial charge in [-0.3, -0.25) is 0 Å². The summed E-state index contributed by atoms with van der Waals surface area (Å²) in [6.45, 7) is 9.78. The van der Waals surface area contributed by atoms with Gasteiger partial charge in [0.2, 0.25) is 0 Å². The molecule has 1 rings (SSSR count). The van der Waals surface area contributed by atoms with E-state index >= 15 is 0 Å². The van der Waals surface area contributed by atoms with Crippen LogP contribution in [-0.2, 0) is 11.0 Å². The first-order valence-corrected chi connectivity index (χ1v) is 6.60. The number of rotatable bonds is 4. The van der Waals surface area contributed by atoms with Crippen LogP contribution in [0, 0.1) is 6.92 Å². The summed E-state index contributed by atoms with van der Waals surface area (Å²) in [5, 5.41) is 3.84. The molecule has 16 heavy (non-hydrogen) atoms. The third-order valence-corrected chi connectivity index (χ3v) is 3.99. The van der Waals surface area contributed by atoms with Gasteiger partial charge in [-0.2, -0.15) is 0 Å². The van der Waals surface area contributed by atoms with E-state index in [0.29, 0.717) is 0 Å². The molecule has 0 bridgehead atoms. The average molecular weight is 244 g/mol. The monoisotopic (exact) mass is 244 g/mol. The Bertz CT molecular complexity index is 368. The molecular formula is C11H20N2O2S. The van der Waals surface area contributed by atoms with Crippen LogP contribution >= 0.6 is 0 Å². The topological polar surface area (TPSA) is 55.1 Å². The van der Waals surface area contributed by atoms with Crippen LogP contribution in [0.15, 0.2) is 10.8 Å². The molecule has 1 heterocycles. The van der Waals surface area contributed by atoms with Gasteiger partial charge >= 0.3 is 0 Å². The third-order valence-electron chi connectivity index (χ3n) is 2.38. The Kier molecular flexibility index (Phi) is 4.27. The lowest BCUT2D eigenvalue weighted by Crippen LogP contribution is -2.35. The van der Waals surface area contributed by atoms with Crippen molar-refractivity contribution in [1.29, 1.82) is 0 Å². The van der Waals surface area contributed by atoms with Crippen LogP contribution in [0.3, 0.4) is 0 Å². The van der Waals surface area contributed by atoms with Crippen molar-refractivity contribution in [1.82, 2.24) is 9.88 Å². The average Bonchev–Trinajstić information content (AvgIpc) is 2.59. The second-order valence-corrected chi connectivity index (χ2v) is 6.81. The molecule has 1 unspecified atom stereocenters. The molecule has 4 nitrogen and oxygen atoms in total. The number of nitrogens with zero attached hydrogens (tertiary/aromatic N) is 1. The van der Waals surface area contributed by atoms with Gasteiger partial charge < -0.3 is 4.52 Å². The molecule has 2 atom stereocenters. The first-order chi connectivity index (χ1) is 7.36.